The molecule has 1 aromatic carbocycles. The number of oxazole rings is 1. The van der Waals surface area contributed by atoms with Gasteiger partial charge in [0.1, 0.15) is 5.52 Å². The fourth-order valence-electron chi connectivity index (χ4n) is 3.00. The number of fused-ring (bicyclic) bond motifs is 1. The Hall–Kier alpha value is -1.55. The summed E-state index contributed by atoms with van der Waals surface area (Å²) >= 11 is 0. The zero-order valence-electron chi connectivity index (χ0n) is 11.6. The second kappa shape index (κ2) is 4.85. The first kappa shape index (κ1) is 12.5. The Morgan fingerprint density at radius 1 is 1.32 bits per heavy atom. The van der Waals surface area contributed by atoms with E-state index in [9.17, 15) is 0 Å². The first-order chi connectivity index (χ1) is 9.13. The van der Waals surface area contributed by atoms with E-state index in [4.69, 9.17) is 10.2 Å². The van der Waals surface area contributed by atoms with Crippen molar-refractivity contribution in [1.82, 2.24) is 9.88 Å². The number of nitrogens with two attached hydrogens (primary N) is 1. The van der Waals surface area contributed by atoms with Gasteiger partial charge in [-0.15, -0.1) is 0 Å². The molecule has 102 valence electrons. The Morgan fingerprint density at radius 3 is 2.79 bits per heavy atom. The van der Waals surface area contributed by atoms with Gasteiger partial charge in [-0.2, -0.15) is 0 Å². The third-order valence-corrected chi connectivity index (χ3v) is 4.15. The normalized spacial score (nSPS) is 24.9. The quantitative estimate of drug-likeness (QED) is 0.842. The number of likely N-dealkylation sites (tertiary alicyclic amines) is 1. The molecule has 1 aliphatic rings. The summed E-state index contributed by atoms with van der Waals surface area (Å²) in [5.41, 5.74) is 8.16. The van der Waals surface area contributed by atoms with Crippen molar-refractivity contribution in [1.29, 1.82) is 0 Å². The maximum atomic E-state index is 5.82. The lowest BCUT2D eigenvalue weighted by molar-refractivity contribution is 0.0858. The number of hydrogen-bond acceptors (Lipinski definition) is 4. The molecule has 0 unspecified atom stereocenters. The highest BCUT2D eigenvalue weighted by Crippen LogP contribution is 2.26. The number of nitrogens with zero attached hydrogens (tertiary/aromatic N) is 2. The fourth-order valence-corrected chi connectivity index (χ4v) is 3.00. The highest BCUT2D eigenvalue weighted by atomic mass is 16.3. The van der Waals surface area contributed by atoms with Crippen molar-refractivity contribution in [3.8, 4) is 0 Å². The number of piperidine rings is 1. The summed E-state index contributed by atoms with van der Waals surface area (Å²) in [5, 5.41) is 0. The monoisotopic (exact) mass is 259 g/mol. The molecule has 0 spiro atoms. The van der Waals surface area contributed by atoms with Crippen LogP contribution in [-0.2, 0) is 6.54 Å². The maximum absolute atomic E-state index is 5.82. The number of nitrogen functional groups attached to an aromatic ring is 1. The third kappa shape index (κ3) is 2.45. The minimum Gasteiger partial charge on any atom is -0.439 e. The molecule has 0 aliphatic carbocycles. The number of anilines is 1. The average Bonchev–Trinajstić information content (AvgIpc) is 2.75. The fraction of sp³-hybridized carbons (Fsp3) is 0.533. The van der Waals surface area contributed by atoms with E-state index in [1.807, 2.05) is 18.2 Å². The summed E-state index contributed by atoms with van der Waals surface area (Å²) < 4.78 is 5.82. The van der Waals surface area contributed by atoms with Crippen molar-refractivity contribution < 1.29 is 4.42 Å². The van der Waals surface area contributed by atoms with E-state index in [2.05, 4.69) is 23.7 Å². The summed E-state index contributed by atoms with van der Waals surface area (Å²) in [6, 6.07) is 6.82. The molecule has 2 aromatic rings. The van der Waals surface area contributed by atoms with Gasteiger partial charge in [-0.1, -0.05) is 6.42 Å². The van der Waals surface area contributed by atoms with Crippen molar-refractivity contribution in [2.45, 2.75) is 51.7 Å². The molecule has 0 saturated carbocycles. The number of benzene rings is 1. The van der Waals surface area contributed by atoms with Gasteiger partial charge in [0.15, 0.2) is 5.58 Å². The molecule has 4 heteroatoms. The summed E-state index contributed by atoms with van der Waals surface area (Å²) in [6.07, 6.45) is 3.85. The van der Waals surface area contributed by atoms with Crippen LogP contribution in [0.4, 0.5) is 5.69 Å². The Kier molecular flexibility index (Phi) is 3.19. The van der Waals surface area contributed by atoms with Crippen molar-refractivity contribution in [3.63, 3.8) is 0 Å². The van der Waals surface area contributed by atoms with E-state index in [0.717, 1.165) is 29.2 Å². The molecule has 0 bridgehead atoms. The molecular weight excluding hydrogens is 238 g/mol. The Labute approximate surface area is 113 Å². The molecule has 19 heavy (non-hydrogen) atoms. The van der Waals surface area contributed by atoms with Crippen LogP contribution in [0.2, 0.25) is 0 Å². The van der Waals surface area contributed by atoms with E-state index in [0.29, 0.717) is 12.1 Å². The molecular formula is C15H21N3O. The Bertz CT molecular complexity index is 568. The topological polar surface area (TPSA) is 55.3 Å². The zero-order chi connectivity index (χ0) is 13.4. The molecule has 0 amide bonds. The van der Waals surface area contributed by atoms with Crippen molar-refractivity contribution in [2.24, 2.45) is 0 Å². The lowest BCUT2D eigenvalue weighted by Crippen LogP contribution is -2.43. The SMILES string of the molecule is C[C@@H]1CCC[C@H](C)N1Cc1nc2ccc(N)cc2o1. The second-order valence-corrected chi connectivity index (χ2v) is 5.64. The van der Waals surface area contributed by atoms with Gasteiger partial charge < -0.3 is 10.2 Å². The largest absolute Gasteiger partial charge is 0.439 e. The van der Waals surface area contributed by atoms with Crippen LogP contribution in [0.5, 0.6) is 0 Å². The van der Waals surface area contributed by atoms with Crippen LogP contribution in [-0.4, -0.2) is 22.0 Å². The van der Waals surface area contributed by atoms with Crippen LogP contribution in [0.1, 0.15) is 39.0 Å². The van der Waals surface area contributed by atoms with E-state index < -0.39 is 0 Å². The summed E-state index contributed by atoms with van der Waals surface area (Å²) in [5.74, 6) is 0.793. The lowest BCUT2D eigenvalue weighted by atomic mass is 9.98. The van der Waals surface area contributed by atoms with Crippen molar-refractivity contribution >= 4 is 16.8 Å². The first-order valence-electron chi connectivity index (χ1n) is 7.04. The lowest BCUT2D eigenvalue weighted by Gasteiger charge is -2.38. The maximum Gasteiger partial charge on any atom is 0.209 e. The van der Waals surface area contributed by atoms with Crippen LogP contribution >= 0.6 is 0 Å². The minimum absolute atomic E-state index is 0.601. The molecule has 1 aromatic heterocycles. The van der Waals surface area contributed by atoms with Gasteiger partial charge in [0.05, 0.1) is 6.54 Å². The number of hydrogen-bond donors (Lipinski definition) is 1. The molecule has 1 aliphatic heterocycles. The van der Waals surface area contributed by atoms with Crippen LogP contribution in [0, 0.1) is 0 Å². The minimum atomic E-state index is 0.601. The Balaban J connectivity index is 1.84. The predicted molar refractivity (Wildman–Crippen MR) is 76.7 cm³/mol. The molecule has 1 saturated heterocycles. The summed E-state index contributed by atoms with van der Waals surface area (Å²) in [7, 11) is 0. The highest BCUT2D eigenvalue weighted by molar-refractivity contribution is 5.76. The van der Waals surface area contributed by atoms with Crippen LogP contribution in [0.15, 0.2) is 22.6 Å². The standard InChI is InChI=1S/C15H21N3O/c1-10-4-3-5-11(2)18(10)9-15-17-13-7-6-12(16)8-14(13)19-15/h6-8,10-11H,3-5,9,16H2,1-2H3/t10-,11+. The number of rotatable bonds is 2. The van der Waals surface area contributed by atoms with E-state index in [1.54, 1.807) is 0 Å². The molecule has 2 N–H and O–H groups in total. The van der Waals surface area contributed by atoms with Gasteiger partial charge >= 0.3 is 0 Å². The molecule has 4 nitrogen and oxygen atoms in total. The summed E-state index contributed by atoms with van der Waals surface area (Å²) in [6.45, 7) is 5.36. The van der Waals surface area contributed by atoms with Gasteiger partial charge in [-0.05, 0) is 38.8 Å². The van der Waals surface area contributed by atoms with Gasteiger partial charge in [-0.25, -0.2) is 4.98 Å². The molecule has 3 rings (SSSR count). The number of aromatic nitrogens is 1. The summed E-state index contributed by atoms with van der Waals surface area (Å²) in [4.78, 5) is 7.04. The van der Waals surface area contributed by atoms with E-state index in [1.165, 1.54) is 19.3 Å². The molecule has 0 radical (unpaired) electrons. The van der Waals surface area contributed by atoms with Gasteiger partial charge in [0.2, 0.25) is 5.89 Å². The van der Waals surface area contributed by atoms with Crippen LogP contribution in [0.25, 0.3) is 11.1 Å². The smallest absolute Gasteiger partial charge is 0.209 e. The molecule has 2 heterocycles. The van der Waals surface area contributed by atoms with Crippen molar-refractivity contribution in [2.75, 3.05) is 5.73 Å². The molecule has 1 fully saturated rings. The van der Waals surface area contributed by atoms with Crippen molar-refractivity contribution in [3.05, 3.63) is 24.1 Å². The third-order valence-electron chi connectivity index (χ3n) is 4.15. The average molecular weight is 259 g/mol. The Morgan fingerprint density at radius 2 is 2.05 bits per heavy atom. The van der Waals surface area contributed by atoms with Crippen LogP contribution in [0.3, 0.4) is 0 Å². The zero-order valence-corrected chi connectivity index (χ0v) is 11.6. The van der Waals surface area contributed by atoms with E-state index >= 15 is 0 Å². The molecule has 2 atom stereocenters. The van der Waals surface area contributed by atoms with E-state index in [-0.39, 0.29) is 0 Å². The van der Waals surface area contributed by atoms with Gasteiger partial charge in [0, 0.05) is 23.8 Å². The van der Waals surface area contributed by atoms with Gasteiger partial charge in [0.25, 0.3) is 0 Å². The first-order valence-corrected chi connectivity index (χ1v) is 7.04. The predicted octanol–water partition coefficient (Wildman–Crippen LogP) is 3.17. The second-order valence-electron chi connectivity index (χ2n) is 5.64. The highest BCUT2D eigenvalue weighted by Gasteiger charge is 2.26. The van der Waals surface area contributed by atoms with Crippen LogP contribution < -0.4 is 5.73 Å². The van der Waals surface area contributed by atoms with Gasteiger partial charge in [-0.3, -0.25) is 4.90 Å².